The van der Waals surface area contributed by atoms with Crippen molar-refractivity contribution in [2.45, 2.75) is 31.7 Å². The van der Waals surface area contributed by atoms with Crippen LogP contribution in [0.5, 0.6) is 0 Å². The monoisotopic (exact) mass is 290 g/mol. The van der Waals surface area contributed by atoms with Gasteiger partial charge < -0.3 is 14.4 Å². The molecule has 0 unspecified atom stereocenters. The molecule has 0 saturated heterocycles. The molecule has 68 valence electrons. The number of unbranched alkanes of at least 4 members (excludes halogenated alkanes) is 3. The number of alkyl halides is 1. The summed E-state index contributed by atoms with van der Waals surface area (Å²) in [6, 6.07) is 0.189. The molecule has 11 heavy (non-hydrogen) atoms. The van der Waals surface area contributed by atoms with Gasteiger partial charge in [0.2, 0.25) is 0 Å². The molecule has 0 atom stereocenters. The molecule has 0 aliphatic rings. The fourth-order valence-corrected chi connectivity index (χ4v) is 2.07. The van der Waals surface area contributed by atoms with E-state index in [0.29, 0.717) is 0 Å². The van der Waals surface area contributed by atoms with Crippen LogP contribution in [0, 0.1) is 0 Å². The van der Waals surface area contributed by atoms with Crippen molar-refractivity contribution in [3.8, 4) is 0 Å². The van der Waals surface area contributed by atoms with E-state index in [1.54, 1.807) is 0 Å². The summed E-state index contributed by atoms with van der Waals surface area (Å²) in [4.78, 5) is 25.9. The number of halogens is 1. The molecule has 0 aliphatic carbocycles. The fraction of sp³-hybridized carbons (Fsp3) is 1.00. The molecular weight excluding hydrogens is 275 g/mol. The largest absolute Gasteiger partial charge is 0.492 e. The van der Waals surface area contributed by atoms with Crippen molar-refractivity contribution in [1.82, 2.24) is 0 Å². The first-order valence-electron chi connectivity index (χ1n) is 3.79. The van der Waals surface area contributed by atoms with Crippen LogP contribution in [0.15, 0.2) is 0 Å². The van der Waals surface area contributed by atoms with Crippen molar-refractivity contribution in [1.29, 1.82) is 0 Å². The summed E-state index contributed by atoms with van der Waals surface area (Å²) in [5.41, 5.74) is 0. The highest BCUT2D eigenvalue weighted by Crippen LogP contribution is 2.08. The molecule has 0 saturated carbocycles. The molecule has 0 aromatic rings. The second-order valence-corrected chi connectivity index (χ2v) is 5.75. The second-order valence-electron chi connectivity index (χ2n) is 2.63. The maximum atomic E-state index is 8.62. The maximum absolute atomic E-state index is 8.62. The lowest BCUT2D eigenvalue weighted by molar-refractivity contribution is 0.226. The third-order valence-electron chi connectivity index (χ3n) is 1.40. The lowest BCUT2D eigenvalue weighted by Gasteiger charge is -2.07. The third-order valence-corrected chi connectivity index (χ3v) is 3.18. The Morgan fingerprint density at radius 1 is 0.909 bits per heavy atom. The second kappa shape index (κ2) is 6.35. The predicted octanol–water partition coefficient (Wildman–Crippen LogP) is 0.898. The van der Waals surface area contributed by atoms with Gasteiger partial charge in [-0.05, 0) is 17.3 Å². The molecule has 0 spiro atoms. The highest BCUT2D eigenvalue weighted by Gasteiger charge is 2.25. The Morgan fingerprint density at radius 3 is 1.91 bits per heavy atom. The molecule has 0 rings (SSSR count). The summed E-state index contributed by atoms with van der Waals surface area (Å²) in [6.45, 7) is 0. The Balaban J connectivity index is 3.02. The number of hydrogen-bond donors (Lipinski definition) is 3. The average Bonchev–Trinajstić information content (AvgIpc) is 1.85. The Labute approximate surface area is 82.0 Å². The topological polar surface area (TPSA) is 60.7 Å². The van der Waals surface area contributed by atoms with E-state index >= 15 is 0 Å². The van der Waals surface area contributed by atoms with Crippen molar-refractivity contribution in [2.75, 3.05) is 4.43 Å². The predicted molar refractivity (Wildman–Crippen MR) is 54.6 cm³/mol. The van der Waals surface area contributed by atoms with Crippen LogP contribution in [0.1, 0.15) is 25.7 Å². The molecule has 0 bridgehead atoms. The van der Waals surface area contributed by atoms with E-state index in [1.165, 1.54) is 6.42 Å². The molecule has 5 heteroatoms. The summed E-state index contributed by atoms with van der Waals surface area (Å²) in [5.74, 6) is 0. The van der Waals surface area contributed by atoms with Crippen LogP contribution >= 0.6 is 22.6 Å². The minimum Gasteiger partial charge on any atom is -0.390 e. The summed E-state index contributed by atoms with van der Waals surface area (Å²) in [7, 11) is -3.72. The third kappa shape index (κ3) is 10.8. The molecule has 3 nitrogen and oxygen atoms in total. The van der Waals surface area contributed by atoms with Gasteiger partial charge in [0.1, 0.15) is 0 Å². The zero-order valence-corrected chi connectivity index (χ0v) is 9.62. The molecule has 0 aromatic carbocycles. The normalized spacial score (nSPS) is 12.0. The lowest BCUT2D eigenvalue weighted by atomic mass is 10.2. The van der Waals surface area contributed by atoms with Gasteiger partial charge in [0, 0.05) is 6.04 Å². The lowest BCUT2D eigenvalue weighted by Crippen LogP contribution is -2.33. The minimum absolute atomic E-state index is 0.189. The van der Waals surface area contributed by atoms with Gasteiger partial charge in [-0.25, -0.2) is 0 Å². The standard InChI is InChI=1S/C6H15IO3Si/c7-5-3-1-2-4-6-11(8,9)10/h8-10H,1-6H2. The van der Waals surface area contributed by atoms with Crippen molar-refractivity contribution >= 4 is 31.4 Å². The summed E-state index contributed by atoms with van der Waals surface area (Å²) in [5, 5.41) is 0. The van der Waals surface area contributed by atoms with Gasteiger partial charge in [0.15, 0.2) is 0 Å². The average molecular weight is 290 g/mol. The van der Waals surface area contributed by atoms with E-state index in [-0.39, 0.29) is 6.04 Å². The molecule has 0 radical (unpaired) electrons. The molecule has 0 fully saturated rings. The first-order chi connectivity index (χ1) is 5.06. The van der Waals surface area contributed by atoms with Crippen LogP contribution in [-0.2, 0) is 0 Å². The Morgan fingerprint density at radius 2 is 1.45 bits per heavy atom. The van der Waals surface area contributed by atoms with Crippen LogP contribution in [0.25, 0.3) is 0 Å². The maximum Gasteiger partial charge on any atom is 0.492 e. The molecule has 3 N–H and O–H groups in total. The van der Waals surface area contributed by atoms with Gasteiger partial charge in [-0.15, -0.1) is 0 Å². The fourth-order valence-electron chi connectivity index (χ4n) is 0.810. The Hall–Kier alpha value is 0.827. The SMILES string of the molecule is O[Si](O)(O)CCCCCCI. The molecule has 0 aromatic heterocycles. The van der Waals surface area contributed by atoms with Crippen molar-refractivity contribution in [3.63, 3.8) is 0 Å². The van der Waals surface area contributed by atoms with Crippen LogP contribution in [-0.4, -0.2) is 27.6 Å². The molecule has 0 aliphatic heterocycles. The van der Waals surface area contributed by atoms with E-state index in [9.17, 15) is 0 Å². The zero-order chi connectivity index (χ0) is 8.74. The van der Waals surface area contributed by atoms with E-state index in [1.807, 2.05) is 0 Å². The highest BCUT2D eigenvalue weighted by molar-refractivity contribution is 14.1. The van der Waals surface area contributed by atoms with Crippen LogP contribution in [0.3, 0.4) is 0 Å². The molecular formula is C6H15IO3Si. The number of rotatable bonds is 6. The van der Waals surface area contributed by atoms with Gasteiger partial charge in [-0.2, -0.15) is 0 Å². The van der Waals surface area contributed by atoms with Crippen molar-refractivity contribution in [2.24, 2.45) is 0 Å². The first-order valence-corrected chi connectivity index (χ1v) is 7.37. The van der Waals surface area contributed by atoms with Gasteiger partial charge in [-0.1, -0.05) is 35.4 Å². The van der Waals surface area contributed by atoms with E-state index in [2.05, 4.69) is 22.6 Å². The smallest absolute Gasteiger partial charge is 0.390 e. The first kappa shape index (κ1) is 11.8. The zero-order valence-electron chi connectivity index (χ0n) is 6.46. The van der Waals surface area contributed by atoms with E-state index in [0.717, 1.165) is 23.7 Å². The van der Waals surface area contributed by atoms with Gasteiger partial charge in [-0.3, -0.25) is 0 Å². The summed E-state index contributed by atoms with van der Waals surface area (Å²) >= 11 is 2.32. The van der Waals surface area contributed by atoms with E-state index < -0.39 is 8.80 Å². The molecule has 0 amide bonds. The Bertz CT molecular complexity index is 94.3. The highest BCUT2D eigenvalue weighted by atomic mass is 127. The van der Waals surface area contributed by atoms with Crippen molar-refractivity contribution in [3.05, 3.63) is 0 Å². The Kier molecular flexibility index (Phi) is 6.83. The quantitative estimate of drug-likeness (QED) is 0.295. The number of hydrogen-bond acceptors (Lipinski definition) is 3. The molecule has 0 heterocycles. The summed E-state index contributed by atoms with van der Waals surface area (Å²) < 4.78 is 1.15. The van der Waals surface area contributed by atoms with Crippen molar-refractivity contribution < 1.29 is 14.4 Å². The van der Waals surface area contributed by atoms with Gasteiger partial charge in [0.25, 0.3) is 0 Å². The van der Waals surface area contributed by atoms with E-state index in [4.69, 9.17) is 14.4 Å². The van der Waals surface area contributed by atoms with Crippen LogP contribution < -0.4 is 0 Å². The van der Waals surface area contributed by atoms with Crippen LogP contribution in [0.4, 0.5) is 0 Å². The van der Waals surface area contributed by atoms with Gasteiger partial charge >= 0.3 is 8.80 Å². The summed E-state index contributed by atoms with van der Waals surface area (Å²) in [6.07, 6.45) is 4.01. The van der Waals surface area contributed by atoms with Crippen LogP contribution in [0.2, 0.25) is 6.04 Å². The minimum atomic E-state index is -3.72. The van der Waals surface area contributed by atoms with Gasteiger partial charge in [0.05, 0.1) is 0 Å².